The minimum atomic E-state index is 0.0636. The molecule has 1 aromatic heterocycles. The van der Waals surface area contributed by atoms with Crippen molar-refractivity contribution in [2.45, 2.75) is 19.6 Å². The molecule has 0 bridgehead atoms. The van der Waals surface area contributed by atoms with E-state index in [4.69, 9.17) is 4.74 Å². The Morgan fingerprint density at radius 2 is 2.07 bits per heavy atom. The van der Waals surface area contributed by atoms with Crippen molar-refractivity contribution >= 4 is 11.8 Å². The van der Waals surface area contributed by atoms with Crippen molar-refractivity contribution in [2.75, 3.05) is 45.7 Å². The maximum absolute atomic E-state index is 6.03. The van der Waals surface area contributed by atoms with E-state index in [2.05, 4.69) is 51.4 Å². The Kier molecular flexibility index (Phi) is 6.29. The van der Waals surface area contributed by atoms with Crippen molar-refractivity contribution in [3.8, 4) is 0 Å². The Bertz CT molecular complexity index is 790. The predicted molar refractivity (Wildman–Crippen MR) is 110 cm³/mol. The summed E-state index contributed by atoms with van der Waals surface area (Å²) in [6.45, 7) is 5.08. The number of hydrogen-bond acceptors (Lipinski definition) is 4. The van der Waals surface area contributed by atoms with E-state index in [1.165, 1.54) is 11.1 Å². The summed E-state index contributed by atoms with van der Waals surface area (Å²) in [4.78, 5) is 13.4. The first kappa shape index (κ1) is 19.2. The summed E-state index contributed by atoms with van der Waals surface area (Å²) in [7, 11) is 5.82. The average molecular weight is 367 g/mol. The van der Waals surface area contributed by atoms with Crippen LogP contribution in [-0.2, 0) is 11.3 Å². The Balaban J connectivity index is 1.65. The quantitative estimate of drug-likeness (QED) is 0.665. The van der Waals surface area contributed by atoms with Gasteiger partial charge >= 0.3 is 0 Å². The molecule has 1 aromatic carbocycles. The molecule has 6 heteroatoms. The number of hydrogen-bond donors (Lipinski definition) is 1. The van der Waals surface area contributed by atoms with Gasteiger partial charge in [-0.3, -0.25) is 4.99 Å². The van der Waals surface area contributed by atoms with Crippen LogP contribution in [0.3, 0.4) is 0 Å². The van der Waals surface area contributed by atoms with Crippen molar-refractivity contribution in [2.24, 2.45) is 4.99 Å². The highest BCUT2D eigenvalue weighted by Gasteiger charge is 2.25. The van der Waals surface area contributed by atoms with Crippen LogP contribution in [-0.4, -0.2) is 56.7 Å². The Labute approximate surface area is 161 Å². The van der Waals surface area contributed by atoms with Crippen molar-refractivity contribution in [1.82, 2.24) is 15.2 Å². The molecule has 0 saturated carbocycles. The van der Waals surface area contributed by atoms with Crippen LogP contribution in [0.2, 0.25) is 0 Å². The second kappa shape index (κ2) is 8.86. The molecule has 2 heterocycles. The lowest BCUT2D eigenvalue weighted by molar-refractivity contribution is -0.00834. The molecule has 1 unspecified atom stereocenters. The van der Waals surface area contributed by atoms with E-state index in [-0.39, 0.29) is 6.10 Å². The van der Waals surface area contributed by atoms with Gasteiger partial charge in [-0.1, -0.05) is 30.3 Å². The van der Waals surface area contributed by atoms with Crippen LogP contribution in [0.25, 0.3) is 0 Å². The monoisotopic (exact) mass is 367 g/mol. The van der Waals surface area contributed by atoms with E-state index in [9.17, 15) is 0 Å². The van der Waals surface area contributed by atoms with Crippen LogP contribution in [0, 0.1) is 6.92 Å². The molecule has 144 valence electrons. The van der Waals surface area contributed by atoms with Crippen LogP contribution in [0.4, 0.5) is 5.82 Å². The fourth-order valence-electron chi connectivity index (χ4n) is 3.29. The van der Waals surface area contributed by atoms with Crippen LogP contribution in [0.1, 0.15) is 22.9 Å². The number of benzene rings is 1. The van der Waals surface area contributed by atoms with Crippen molar-refractivity contribution in [3.63, 3.8) is 0 Å². The van der Waals surface area contributed by atoms with Gasteiger partial charge in [0.25, 0.3) is 0 Å². The van der Waals surface area contributed by atoms with E-state index in [1.807, 2.05) is 44.2 Å². The molecule has 1 saturated heterocycles. The third-order valence-electron chi connectivity index (χ3n) is 4.79. The van der Waals surface area contributed by atoms with E-state index in [0.29, 0.717) is 13.2 Å². The molecule has 3 rings (SSSR count). The van der Waals surface area contributed by atoms with Crippen LogP contribution < -0.4 is 10.2 Å². The minimum absolute atomic E-state index is 0.0636. The van der Waals surface area contributed by atoms with Gasteiger partial charge in [0, 0.05) is 27.7 Å². The van der Waals surface area contributed by atoms with Crippen LogP contribution >= 0.6 is 0 Å². The Hall–Kier alpha value is -2.60. The van der Waals surface area contributed by atoms with Gasteiger partial charge in [-0.2, -0.15) is 0 Å². The molecule has 2 aromatic rings. The highest BCUT2D eigenvalue weighted by atomic mass is 16.5. The number of ether oxygens (including phenoxy) is 1. The van der Waals surface area contributed by atoms with E-state index >= 15 is 0 Å². The molecule has 1 N–H and O–H groups in total. The Morgan fingerprint density at radius 1 is 1.26 bits per heavy atom. The predicted octanol–water partition coefficient (Wildman–Crippen LogP) is 2.60. The molecule has 0 spiro atoms. The SMILES string of the molecule is CN=C(NCc1cccc(N(C)C)n1)N1CCOC(c2ccccc2C)C1. The molecular formula is C21H29N5O. The molecular weight excluding hydrogens is 338 g/mol. The highest BCUT2D eigenvalue weighted by molar-refractivity contribution is 5.80. The summed E-state index contributed by atoms with van der Waals surface area (Å²) in [6.07, 6.45) is 0.0636. The van der Waals surface area contributed by atoms with Gasteiger partial charge < -0.3 is 19.9 Å². The highest BCUT2D eigenvalue weighted by Crippen LogP contribution is 2.25. The van der Waals surface area contributed by atoms with Crippen molar-refractivity contribution in [3.05, 3.63) is 59.3 Å². The lowest BCUT2D eigenvalue weighted by Crippen LogP contribution is -2.48. The maximum atomic E-state index is 6.03. The average Bonchev–Trinajstić information content (AvgIpc) is 2.69. The standard InChI is InChI=1S/C21H29N5O/c1-16-8-5-6-10-18(16)19-15-26(12-13-27-19)21(22-2)23-14-17-9-7-11-20(24-17)25(3)4/h5-11,19H,12-15H2,1-4H3,(H,22,23). The van der Waals surface area contributed by atoms with E-state index < -0.39 is 0 Å². The van der Waals surface area contributed by atoms with Gasteiger partial charge in [0.05, 0.1) is 25.4 Å². The molecule has 0 amide bonds. The second-order valence-corrected chi connectivity index (χ2v) is 6.94. The molecule has 27 heavy (non-hydrogen) atoms. The van der Waals surface area contributed by atoms with Crippen LogP contribution in [0.15, 0.2) is 47.5 Å². The normalized spacial score (nSPS) is 17.7. The van der Waals surface area contributed by atoms with Gasteiger partial charge in [0.15, 0.2) is 5.96 Å². The lowest BCUT2D eigenvalue weighted by atomic mass is 10.0. The summed E-state index contributed by atoms with van der Waals surface area (Å²) in [5.74, 6) is 1.84. The summed E-state index contributed by atoms with van der Waals surface area (Å²) in [5, 5.41) is 3.45. The number of aromatic nitrogens is 1. The molecule has 0 radical (unpaired) electrons. The first-order valence-electron chi connectivity index (χ1n) is 9.34. The number of nitrogens with one attached hydrogen (secondary N) is 1. The van der Waals surface area contributed by atoms with Crippen molar-refractivity contribution in [1.29, 1.82) is 0 Å². The van der Waals surface area contributed by atoms with Gasteiger partial charge in [0.2, 0.25) is 0 Å². The number of aryl methyl sites for hydroxylation is 1. The summed E-state index contributed by atoms with van der Waals surface area (Å²) >= 11 is 0. The molecule has 1 atom stereocenters. The number of morpholine rings is 1. The molecule has 1 aliphatic heterocycles. The molecule has 1 aliphatic rings. The first-order chi connectivity index (χ1) is 13.1. The zero-order valence-electron chi connectivity index (χ0n) is 16.6. The van der Waals surface area contributed by atoms with E-state index in [1.54, 1.807) is 0 Å². The number of aliphatic imine (C=N–C) groups is 1. The van der Waals surface area contributed by atoms with E-state index in [0.717, 1.165) is 30.6 Å². The summed E-state index contributed by atoms with van der Waals surface area (Å²) < 4.78 is 6.03. The number of nitrogens with zero attached hydrogens (tertiary/aromatic N) is 4. The number of guanidine groups is 1. The summed E-state index contributed by atoms with van der Waals surface area (Å²) in [5.41, 5.74) is 3.50. The smallest absolute Gasteiger partial charge is 0.194 e. The fourth-order valence-corrected chi connectivity index (χ4v) is 3.29. The molecule has 1 fully saturated rings. The third-order valence-corrected chi connectivity index (χ3v) is 4.79. The molecule has 6 nitrogen and oxygen atoms in total. The summed E-state index contributed by atoms with van der Waals surface area (Å²) in [6, 6.07) is 14.5. The number of pyridine rings is 1. The fraction of sp³-hybridized carbons (Fsp3) is 0.429. The van der Waals surface area contributed by atoms with Crippen LogP contribution in [0.5, 0.6) is 0 Å². The Morgan fingerprint density at radius 3 is 2.81 bits per heavy atom. The maximum Gasteiger partial charge on any atom is 0.194 e. The minimum Gasteiger partial charge on any atom is -0.370 e. The van der Waals surface area contributed by atoms with Gasteiger partial charge in [0.1, 0.15) is 11.9 Å². The topological polar surface area (TPSA) is 53.0 Å². The third kappa shape index (κ3) is 4.77. The second-order valence-electron chi connectivity index (χ2n) is 6.94. The van der Waals surface area contributed by atoms with Gasteiger partial charge in [-0.15, -0.1) is 0 Å². The van der Waals surface area contributed by atoms with Gasteiger partial charge in [-0.25, -0.2) is 4.98 Å². The van der Waals surface area contributed by atoms with Gasteiger partial charge in [-0.05, 0) is 30.2 Å². The zero-order chi connectivity index (χ0) is 19.2. The van der Waals surface area contributed by atoms with Crippen molar-refractivity contribution < 1.29 is 4.74 Å². The number of anilines is 1. The molecule has 0 aliphatic carbocycles. The lowest BCUT2D eigenvalue weighted by Gasteiger charge is -2.35. The first-order valence-corrected chi connectivity index (χ1v) is 9.34. The zero-order valence-corrected chi connectivity index (χ0v) is 16.6. The largest absolute Gasteiger partial charge is 0.370 e. The number of rotatable bonds is 4.